The number of nitrogens with zero attached hydrogens (tertiary/aromatic N) is 6. The Bertz CT molecular complexity index is 1170. The molecule has 5 rings (SSSR count). The molecule has 1 amide bonds. The number of fused-ring (bicyclic) bond motifs is 2. The lowest BCUT2D eigenvalue weighted by molar-refractivity contribution is -0.132. The molecule has 1 saturated heterocycles. The Morgan fingerprint density at radius 3 is 2.81 bits per heavy atom. The van der Waals surface area contributed by atoms with Gasteiger partial charge in [-0.1, -0.05) is 12.1 Å². The van der Waals surface area contributed by atoms with E-state index in [1.807, 2.05) is 29.3 Å². The van der Waals surface area contributed by atoms with E-state index < -0.39 is 0 Å². The molecule has 9 heteroatoms. The van der Waals surface area contributed by atoms with E-state index in [4.69, 9.17) is 9.72 Å². The van der Waals surface area contributed by atoms with Gasteiger partial charge in [-0.15, -0.1) is 0 Å². The molecule has 0 atom stereocenters. The zero-order valence-corrected chi connectivity index (χ0v) is 17.2. The van der Waals surface area contributed by atoms with Gasteiger partial charge in [-0.25, -0.2) is 15.0 Å². The maximum absolute atomic E-state index is 12.9. The Hall–Kier alpha value is -3.33. The van der Waals surface area contributed by atoms with Crippen molar-refractivity contribution in [2.75, 3.05) is 37.7 Å². The fourth-order valence-corrected chi connectivity index (χ4v) is 4.06. The summed E-state index contributed by atoms with van der Waals surface area (Å²) in [6.07, 6.45) is 4.39. The van der Waals surface area contributed by atoms with E-state index in [1.165, 1.54) is 10.9 Å². The summed E-state index contributed by atoms with van der Waals surface area (Å²) in [6, 6.07) is 7.24. The molecule has 0 radical (unpaired) electrons. The van der Waals surface area contributed by atoms with Gasteiger partial charge in [0.05, 0.1) is 42.7 Å². The molecule has 2 aromatic heterocycles. The predicted octanol–water partition coefficient (Wildman–Crippen LogP) is 0.998. The van der Waals surface area contributed by atoms with Gasteiger partial charge in [0.2, 0.25) is 11.9 Å². The molecule has 3 aromatic rings. The number of aryl methyl sites for hydroxylation is 1. The molecule has 1 fully saturated rings. The molecule has 0 unspecified atom stereocenters. The fraction of sp³-hybridized carbons (Fsp3) is 0.409. The normalized spacial score (nSPS) is 16.4. The zero-order valence-electron chi connectivity index (χ0n) is 17.2. The standard InChI is InChI=1S/C22H24N6O3/c29-20(6-8-28-15-24-18-4-2-1-3-17(18)21(28)30)27-7-5-16-13-23-22(25-19(16)14-27)26-9-11-31-12-10-26/h1-4,13,15H,5-12,14H2. The first-order valence-corrected chi connectivity index (χ1v) is 10.6. The number of benzene rings is 1. The lowest BCUT2D eigenvalue weighted by atomic mass is 10.1. The average molecular weight is 420 g/mol. The summed E-state index contributed by atoms with van der Waals surface area (Å²) < 4.78 is 6.91. The molecule has 0 bridgehead atoms. The van der Waals surface area contributed by atoms with E-state index >= 15 is 0 Å². The number of ether oxygens (including phenoxy) is 1. The quantitative estimate of drug-likeness (QED) is 0.622. The molecular weight excluding hydrogens is 396 g/mol. The van der Waals surface area contributed by atoms with E-state index in [9.17, 15) is 9.59 Å². The second-order valence-corrected chi connectivity index (χ2v) is 7.82. The van der Waals surface area contributed by atoms with Gasteiger partial charge in [0.15, 0.2) is 0 Å². The van der Waals surface area contributed by atoms with Crippen LogP contribution in [0.3, 0.4) is 0 Å². The lowest BCUT2D eigenvalue weighted by Crippen LogP contribution is -2.39. The summed E-state index contributed by atoms with van der Waals surface area (Å²) in [5.74, 6) is 0.711. The Morgan fingerprint density at radius 2 is 1.94 bits per heavy atom. The number of para-hydroxylation sites is 1. The summed E-state index contributed by atoms with van der Waals surface area (Å²) in [7, 11) is 0. The summed E-state index contributed by atoms with van der Waals surface area (Å²) in [5.41, 5.74) is 2.54. The van der Waals surface area contributed by atoms with E-state index in [0.717, 1.165) is 30.8 Å². The van der Waals surface area contributed by atoms with Crippen molar-refractivity contribution in [2.24, 2.45) is 0 Å². The first kappa shape index (κ1) is 19.6. The highest BCUT2D eigenvalue weighted by molar-refractivity contribution is 5.77. The minimum Gasteiger partial charge on any atom is -0.378 e. The zero-order chi connectivity index (χ0) is 21.2. The Balaban J connectivity index is 1.26. The van der Waals surface area contributed by atoms with Crippen LogP contribution in [0.4, 0.5) is 5.95 Å². The van der Waals surface area contributed by atoms with Gasteiger partial charge in [0, 0.05) is 38.8 Å². The number of rotatable bonds is 4. The smallest absolute Gasteiger partial charge is 0.261 e. The second-order valence-electron chi connectivity index (χ2n) is 7.82. The molecule has 0 saturated carbocycles. The molecule has 9 nitrogen and oxygen atoms in total. The SMILES string of the molecule is O=C(CCn1cnc2ccccc2c1=O)N1CCc2cnc(N3CCOCC3)nc2C1. The van der Waals surface area contributed by atoms with Crippen LogP contribution >= 0.6 is 0 Å². The number of carbonyl (C=O) groups is 1. The third kappa shape index (κ3) is 4.00. The van der Waals surface area contributed by atoms with Crippen LogP contribution in [0.15, 0.2) is 41.6 Å². The number of hydrogen-bond acceptors (Lipinski definition) is 7. The third-order valence-electron chi connectivity index (χ3n) is 5.88. The summed E-state index contributed by atoms with van der Waals surface area (Å²) in [5, 5.41) is 0.566. The van der Waals surface area contributed by atoms with Crippen LogP contribution in [0.1, 0.15) is 17.7 Å². The van der Waals surface area contributed by atoms with Crippen molar-refractivity contribution in [2.45, 2.75) is 25.9 Å². The van der Waals surface area contributed by atoms with Crippen LogP contribution in [0, 0.1) is 0 Å². The average Bonchev–Trinajstić information content (AvgIpc) is 2.83. The van der Waals surface area contributed by atoms with Crippen molar-refractivity contribution in [3.8, 4) is 0 Å². The number of carbonyl (C=O) groups excluding carboxylic acids is 1. The monoisotopic (exact) mass is 420 g/mol. The van der Waals surface area contributed by atoms with Crippen LogP contribution in [0.2, 0.25) is 0 Å². The van der Waals surface area contributed by atoms with Crippen LogP contribution in [0.5, 0.6) is 0 Å². The van der Waals surface area contributed by atoms with E-state index in [1.54, 1.807) is 6.07 Å². The van der Waals surface area contributed by atoms with E-state index in [0.29, 0.717) is 49.7 Å². The largest absolute Gasteiger partial charge is 0.378 e. The highest BCUT2D eigenvalue weighted by Crippen LogP contribution is 2.20. The topological polar surface area (TPSA) is 93.5 Å². The molecule has 4 heterocycles. The molecule has 2 aliphatic heterocycles. The molecule has 0 N–H and O–H groups in total. The summed E-state index contributed by atoms with van der Waals surface area (Å²) in [6.45, 7) is 4.31. The van der Waals surface area contributed by atoms with Gasteiger partial charge in [0.1, 0.15) is 0 Å². The van der Waals surface area contributed by atoms with Gasteiger partial charge in [-0.05, 0) is 24.1 Å². The van der Waals surface area contributed by atoms with Gasteiger partial charge < -0.3 is 14.5 Å². The van der Waals surface area contributed by atoms with E-state index in [2.05, 4.69) is 14.9 Å². The number of hydrogen-bond donors (Lipinski definition) is 0. The maximum atomic E-state index is 12.9. The lowest BCUT2D eigenvalue weighted by Gasteiger charge is -2.30. The van der Waals surface area contributed by atoms with Crippen molar-refractivity contribution in [1.29, 1.82) is 0 Å². The number of aromatic nitrogens is 4. The molecule has 1 aromatic carbocycles. The molecule has 2 aliphatic rings. The number of morpholine rings is 1. The highest BCUT2D eigenvalue weighted by atomic mass is 16.5. The fourth-order valence-electron chi connectivity index (χ4n) is 4.06. The van der Waals surface area contributed by atoms with Crippen LogP contribution < -0.4 is 10.5 Å². The van der Waals surface area contributed by atoms with Gasteiger partial charge in [-0.3, -0.25) is 14.2 Å². The number of amides is 1. The Morgan fingerprint density at radius 1 is 1.10 bits per heavy atom. The van der Waals surface area contributed by atoms with Gasteiger partial charge in [-0.2, -0.15) is 0 Å². The minimum atomic E-state index is -0.120. The Labute approximate surface area is 179 Å². The van der Waals surface area contributed by atoms with Crippen molar-refractivity contribution in [1.82, 2.24) is 24.4 Å². The molecule has 0 aliphatic carbocycles. The van der Waals surface area contributed by atoms with Crippen LogP contribution in [0.25, 0.3) is 10.9 Å². The Kier molecular flexibility index (Phi) is 5.33. The van der Waals surface area contributed by atoms with Gasteiger partial charge in [0.25, 0.3) is 5.56 Å². The number of anilines is 1. The van der Waals surface area contributed by atoms with Crippen LogP contribution in [-0.4, -0.2) is 63.2 Å². The van der Waals surface area contributed by atoms with Crippen LogP contribution in [-0.2, 0) is 29.0 Å². The summed E-state index contributed by atoms with van der Waals surface area (Å²) in [4.78, 5) is 43.0. The van der Waals surface area contributed by atoms with Crippen molar-refractivity contribution in [3.05, 3.63) is 58.4 Å². The molecular formula is C22H24N6O3. The van der Waals surface area contributed by atoms with Crippen molar-refractivity contribution < 1.29 is 9.53 Å². The highest BCUT2D eigenvalue weighted by Gasteiger charge is 2.24. The third-order valence-corrected chi connectivity index (χ3v) is 5.88. The molecule has 160 valence electrons. The van der Waals surface area contributed by atoms with Gasteiger partial charge >= 0.3 is 0 Å². The molecule has 31 heavy (non-hydrogen) atoms. The first-order valence-electron chi connectivity index (χ1n) is 10.6. The van der Waals surface area contributed by atoms with Crippen molar-refractivity contribution in [3.63, 3.8) is 0 Å². The first-order chi connectivity index (χ1) is 15.2. The minimum absolute atomic E-state index is 0.0113. The van der Waals surface area contributed by atoms with E-state index in [-0.39, 0.29) is 17.9 Å². The molecule has 0 spiro atoms. The second kappa shape index (κ2) is 8.43. The predicted molar refractivity (Wildman–Crippen MR) is 115 cm³/mol. The maximum Gasteiger partial charge on any atom is 0.261 e. The van der Waals surface area contributed by atoms with Crippen molar-refractivity contribution >= 4 is 22.8 Å². The summed E-state index contributed by atoms with van der Waals surface area (Å²) >= 11 is 0.